The summed E-state index contributed by atoms with van der Waals surface area (Å²) in [6.07, 6.45) is 0.0275. The zero-order valence-corrected chi connectivity index (χ0v) is 17.8. The zero-order chi connectivity index (χ0) is 22.0. The van der Waals surface area contributed by atoms with E-state index >= 15 is 0 Å². The minimum atomic E-state index is -3.47. The van der Waals surface area contributed by atoms with Crippen molar-refractivity contribution in [2.24, 2.45) is 5.92 Å². The van der Waals surface area contributed by atoms with Gasteiger partial charge in [0, 0.05) is 39.1 Å². The van der Waals surface area contributed by atoms with E-state index in [9.17, 15) is 22.4 Å². The van der Waals surface area contributed by atoms with Gasteiger partial charge in [0.2, 0.25) is 21.8 Å². The van der Waals surface area contributed by atoms with E-state index in [0.29, 0.717) is 0 Å². The lowest BCUT2D eigenvalue weighted by atomic mass is 10.1. The fourth-order valence-corrected chi connectivity index (χ4v) is 5.61. The lowest BCUT2D eigenvalue weighted by Crippen LogP contribution is -2.52. The van der Waals surface area contributed by atoms with Crippen molar-refractivity contribution in [2.75, 3.05) is 37.6 Å². The number of hydrogen-bond acceptors (Lipinski definition) is 4. The Balaban J connectivity index is 1.35. The number of amides is 2. The summed E-state index contributed by atoms with van der Waals surface area (Å²) in [7, 11) is -3.47. The van der Waals surface area contributed by atoms with Crippen LogP contribution in [0.2, 0.25) is 0 Å². The van der Waals surface area contributed by atoms with E-state index in [0.717, 1.165) is 5.56 Å². The Morgan fingerprint density at radius 3 is 2.29 bits per heavy atom. The van der Waals surface area contributed by atoms with Crippen molar-refractivity contribution in [1.82, 2.24) is 9.21 Å². The van der Waals surface area contributed by atoms with Gasteiger partial charge in [-0.25, -0.2) is 12.8 Å². The van der Waals surface area contributed by atoms with Crippen molar-refractivity contribution in [3.63, 3.8) is 0 Å². The summed E-state index contributed by atoms with van der Waals surface area (Å²) in [5.41, 5.74) is 0.901. The van der Waals surface area contributed by atoms with Crippen LogP contribution in [0.3, 0.4) is 0 Å². The van der Waals surface area contributed by atoms with Crippen molar-refractivity contribution in [3.05, 3.63) is 66.0 Å². The van der Waals surface area contributed by atoms with Crippen molar-refractivity contribution >= 4 is 27.5 Å². The summed E-state index contributed by atoms with van der Waals surface area (Å²) in [6.45, 7) is 1.12. The number of carbonyl (C=O) groups excluding carboxylic acids is 2. The number of halogens is 1. The maximum Gasteiger partial charge on any atom is 0.228 e. The lowest BCUT2D eigenvalue weighted by molar-refractivity contribution is -0.136. The van der Waals surface area contributed by atoms with Gasteiger partial charge in [0.05, 0.1) is 17.4 Å². The quantitative estimate of drug-likeness (QED) is 0.704. The monoisotopic (exact) mass is 445 g/mol. The third kappa shape index (κ3) is 4.62. The predicted molar refractivity (Wildman–Crippen MR) is 114 cm³/mol. The molecule has 2 aromatic rings. The van der Waals surface area contributed by atoms with E-state index < -0.39 is 21.8 Å². The second-order valence-electron chi connectivity index (χ2n) is 7.82. The van der Waals surface area contributed by atoms with Gasteiger partial charge in [-0.05, 0) is 17.7 Å². The number of nitrogens with zero attached hydrogens (tertiary/aromatic N) is 3. The molecule has 0 aromatic heterocycles. The number of hydrogen-bond donors (Lipinski definition) is 0. The maximum absolute atomic E-state index is 14.1. The smallest absolute Gasteiger partial charge is 0.228 e. The summed E-state index contributed by atoms with van der Waals surface area (Å²) in [5.74, 6) is -1.60. The van der Waals surface area contributed by atoms with Gasteiger partial charge < -0.3 is 9.80 Å². The fourth-order valence-electron chi connectivity index (χ4n) is 4.10. The number of rotatable bonds is 5. The molecule has 2 aromatic carbocycles. The third-order valence-electron chi connectivity index (χ3n) is 5.75. The Bertz CT molecular complexity index is 1070. The molecule has 2 amide bonds. The van der Waals surface area contributed by atoms with E-state index in [-0.39, 0.29) is 62.4 Å². The zero-order valence-electron chi connectivity index (χ0n) is 17.0. The molecule has 0 radical (unpaired) electrons. The fraction of sp³-hybridized carbons (Fsp3) is 0.364. The molecule has 4 rings (SSSR count). The first-order chi connectivity index (χ1) is 14.8. The second kappa shape index (κ2) is 8.76. The molecule has 1 atom stereocenters. The largest absolute Gasteiger partial charge is 0.340 e. The lowest BCUT2D eigenvalue weighted by Gasteiger charge is -2.35. The minimum Gasteiger partial charge on any atom is -0.340 e. The van der Waals surface area contributed by atoms with Crippen LogP contribution in [0.4, 0.5) is 10.1 Å². The van der Waals surface area contributed by atoms with Gasteiger partial charge in [0.1, 0.15) is 5.82 Å². The van der Waals surface area contributed by atoms with Gasteiger partial charge in [-0.3, -0.25) is 9.59 Å². The van der Waals surface area contributed by atoms with Gasteiger partial charge in [-0.2, -0.15) is 4.31 Å². The molecule has 2 heterocycles. The first-order valence-electron chi connectivity index (χ1n) is 10.2. The molecule has 9 heteroatoms. The van der Waals surface area contributed by atoms with Crippen LogP contribution < -0.4 is 4.90 Å². The molecule has 0 N–H and O–H groups in total. The Morgan fingerprint density at radius 1 is 0.968 bits per heavy atom. The van der Waals surface area contributed by atoms with Crippen molar-refractivity contribution < 1.29 is 22.4 Å². The number of sulfonamides is 1. The van der Waals surface area contributed by atoms with Crippen LogP contribution >= 0.6 is 0 Å². The predicted octanol–water partition coefficient (Wildman–Crippen LogP) is 1.85. The average molecular weight is 446 g/mol. The topological polar surface area (TPSA) is 78.0 Å². The highest BCUT2D eigenvalue weighted by Crippen LogP contribution is 2.28. The van der Waals surface area contributed by atoms with Crippen LogP contribution in [0.5, 0.6) is 0 Å². The number of carbonyl (C=O) groups is 2. The maximum atomic E-state index is 14.1. The molecule has 0 bridgehead atoms. The van der Waals surface area contributed by atoms with Gasteiger partial charge in [-0.15, -0.1) is 0 Å². The number of para-hydroxylation sites is 1. The van der Waals surface area contributed by atoms with E-state index in [1.54, 1.807) is 41.3 Å². The molecule has 7 nitrogen and oxygen atoms in total. The van der Waals surface area contributed by atoms with E-state index in [2.05, 4.69) is 0 Å². The summed E-state index contributed by atoms with van der Waals surface area (Å²) in [5, 5.41) is 0. The molecular formula is C22H24FN3O4S. The molecule has 2 saturated heterocycles. The molecule has 0 spiro atoms. The summed E-state index contributed by atoms with van der Waals surface area (Å²) < 4.78 is 40.9. The Kier molecular flexibility index (Phi) is 6.06. The van der Waals surface area contributed by atoms with E-state index in [4.69, 9.17) is 0 Å². The van der Waals surface area contributed by atoms with Crippen LogP contribution in [-0.2, 0) is 25.4 Å². The van der Waals surface area contributed by atoms with E-state index in [1.807, 2.05) is 6.07 Å². The number of piperazine rings is 1. The average Bonchev–Trinajstić information content (AvgIpc) is 3.15. The SMILES string of the molecule is O=C(C1CC(=O)N(c2ccccc2F)C1)N1CCN(S(=O)(=O)Cc2ccccc2)CC1. The van der Waals surface area contributed by atoms with Crippen molar-refractivity contribution in [1.29, 1.82) is 0 Å². The first kappa shape index (κ1) is 21.5. The minimum absolute atomic E-state index is 0.0275. The number of anilines is 1. The molecular weight excluding hydrogens is 421 g/mol. The summed E-state index contributed by atoms with van der Waals surface area (Å²) in [6, 6.07) is 15.0. The van der Waals surface area contributed by atoms with Crippen LogP contribution in [-0.4, -0.2) is 62.2 Å². The Morgan fingerprint density at radius 2 is 1.61 bits per heavy atom. The molecule has 0 aliphatic carbocycles. The van der Waals surface area contributed by atoms with Crippen LogP contribution in [0.25, 0.3) is 0 Å². The van der Waals surface area contributed by atoms with Crippen molar-refractivity contribution in [3.8, 4) is 0 Å². The van der Waals surface area contributed by atoms with Crippen molar-refractivity contribution in [2.45, 2.75) is 12.2 Å². The molecule has 2 aliphatic heterocycles. The van der Waals surface area contributed by atoms with Gasteiger partial charge >= 0.3 is 0 Å². The van der Waals surface area contributed by atoms with Crippen LogP contribution in [0.1, 0.15) is 12.0 Å². The summed E-state index contributed by atoms with van der Waals surface area (Å²) in [4.78, 5) is 28.2. The van der Waals surface area contributed by atoms with Gasteiger partial charge in [0.25, 0.3) is 0 Å². The van der Waals surface area contributed by atoms with E-state index in [1.165, 1.54) is 21.3 Å². The molecule has 31 heavy (non-hydrogen) atoms. The Hall–Kier alpha value is -2.78. The highest BCUT2D eigenvalue weighted by atomic mass is 32.2. The number of benzene rings is 2. The molecule has 2 fully saturated rings. The highest BCUT2D eigenvalue weighted by molar-refractivity contribution is 7.88. The first-order valence-corrected chi connectivity index (χ1v) is 11.8. The Labute approximate surface area is 181 Å². The van der Waals surface area contributed by atoms with Gasteiger partial charge in [0.15, 0.2) is 0 Å². The molecule has 164 valence electrons. The highest BCUT2D eigenvalue weighted by Gasteiger charge is 2.39. The standard InChI is InChI=1S/C22H24FN3O4S/c23-19-8-4-5-9-20(19)26-15-18(14-21(26)27)22(28)24-10-12-25(13-11-24)31(29,30)16-17-6-2-1-3-7-17/h1-9,18H,10-16H2. The van der Waals surface area contributed by atoms with Crippen LogP contribution in [0, 0.1) is 11.7 Å². The summed E-state index contributed by atoms with van der Waals surface area (Å²) >= 11 is 0. The molecule has 2 aliphatic rings. The molecule has 1 unspecified atom stereocenters. The second-order valence-corrected chi connectivity index (χ2v) is 9.79. The molecule has 0 saturated carbocycles. The van der Waals surface area contributed by atoms with Crippen LogP contribution in [0.15, 0.2) is 54.6 Å². The normalized spacial score (nSPS) is 20.3. The van der Waals surface area contributed by atoms with Gasteiger partial charge in [-0.1, -0.05) is 42.5 Å². The third-order valence-corrected chi connectivity index (χ3v) is 7.60.